The second-order valence-electron chi connectivity index (χ2n) is 15.6. The summed E-state index contributed by atoms with van der Waals surface area (Å²) in [5.74, 6) is 0.880. The van der Waals surface area contributed by atoms with Crippen LogP contribution in [0.2, 0.25) is 0 Å². The average molecular weight is 733 g/mol. The van der Waals surface area contributed by atoms with Crippen LogP contribution >= 0.6 is 0 Å². The van der Waals surface area contributed by atoms with E-state index in [9.17, 15) is 5.26 Å². The van der Waals surface area contributed by atoms with E-state index in [0.29, 0.717) is 5.56 Å². The highest BCUT2D eigenvalue weighted by Crippen LogP contribution is 2.50. The number of fused-ring (bicyclic) bond motifs is 4. The maximum atomic E-state index is 9.54. The Balaban J connectivity index is 0.939. The summed E-state index contributed by atoms with van der Waals surface area (Å²) in [6.07, 6.45) is -0.285. The van der Waals surface area contributed by atoms with E-state index >= 15 is 0 Å². The molecular weight excluding hydrogens is 693 g/mol. The standard InChI is InChI=1S/C53H40N4/c1-53(2)48-31-34(33-54)17-27-46(48)47-28-26-41(32-49(47)53)35-18-20-36(21-19-35)42-29-30-43(45-16-10-9-15-44(42)45)37-22-24-40(25-23-37)52-56-50(38-11-5-3-6-12-38)55-51(57-52)39-13-7-4-8-14-39/h3-32,50,52,56H,1-2H3,(H,55,57). The zero-order valence-electron chi connectivity index (χ0n) is 31.9. The van der Waals surface area contributed by atoms with Gasteiger partial charge in [-0.05, 0) is 95.7 Å². The van der Waals surface area contributed by atoms with Crippen LogP contribution in [0.5, 0.6) is 0 Å². The van der Waals surface area contributed by atoms with Gasteiger partial charge in [0.2, 0.25) is 0 Å². The molecule has 0 bridgehead atoms. The molecule has 0 saturated carbocycles. The van der Waals surface area contributed by atoms with Gasteiger partial charge in [0.15, 0.2) is 0 Å². The number of hydrogen-bond acceptors (Lipinski definition) is 4. The van der Waals surface area contributed by atoms with E-state index in [0.717, 1.165) is 17.0 Å². The van der Waals surface area contributed by atoms with Crippen LogP contribution in [0.25, 0.3) is 55.3 Å². The lowest BCUT2D eigenvalue weighted by atomic mass is 9.81. The van der Waals surface area contributed by atoms with Crippen LogP contribution in [-0.2, 0) is 5.41 Å². The second kappa shape index (κ2) is 13.9. The second-order valence-corrected chi connectivity index (χ2v) is 15.6. The van der Waals surface area contributed by atoms with Gasteiger partial charge in [-0.25, -0.2) is 4.99 Å². The Labute approximate surface area is 333 Å². The number of benzene rings is 8. The monoisotopic (exact) mass is 732 g/mol. The molecule has 10 rings (SSSR count). The van der Waals surface area contributed by atoms with E-state index in [1.807, 2.05) is 18.2 Å². The molecule has 4 nitrogen and oxygen atoms in total. The summed E-state index contributed by atoms with van der Waals surface area (Å²) in [6, 6.07) is 67.1. The van der Waals surface area contributed by atoms with E-state index in [2.05, 4.69) is 194 Å². The van der Waals surface area contributed by atoms with Gasteiger partial charge in [0, 0.05) is 11.0 Å². The lowest BCUT2D eigenvalue weighted by Crippen LogP contribution is -2.44. The molecule has 57 heavy (non-hydrogen) atoms. The normalized spacial score (nSPS) is 16.5. The first-order valence-corrected chi connectivity index (χ1v) is 19.6. The van der Waals surface area contributed by atoms with Crippen molar-refractivity contribution < 1.29 is 0 Å². The van der Waals surface area contributed by atoms with Crippen molar-refractivity contribution in [3.63, 3.8) is 0 Å². The van der Waals surface area contributed by atoms with Gasteiger partial charge in [-0.2, -0.15) is 5.26 Å². The molecule has 272 valence electrons. The van der Waals surface area contributed by atoms with Crippen molar-refractivity contribution in [2.45, 2.75) is 31.6 Å². The molecule has 0 aromatic heterocycles. The van der Waals surface area contributed by atoms with E-state index in [4.69, 9.17) is 4.99 Å². The predicted molar refractivity (Wildman–Crippen MR) is 234 cm³/mol. The van der Waals surface area contributed by atoms with Crippen molar-refractivity contribution >= 4 is 16.6 Å². The number of rotatable bonds is 6. The summed E-state index contributed by atoms with van der Waals surface area (Å²) < 4.78 is 0. The quantitative estimate of drug-likeness (QED) is 0.179. The van der Waals surface area contributed by atoms with Crippen molar-refractivity contribution in [3.8, 4) is 50.6 Å². The molecule has 8 aromatic carbocycles. The van der Waals surface area contributed by atoms with E-state index in [1.165, 1.54) is 72.0 Å². The third-order valence-electron chi connectivity index (χ3n) is 11.8. The van der Waals surface area contributed by atoms with Crippen LogP contribution in [0.15, 0.2) is 187 Å². The molecule has 1 aliphatic heterocycles. The van der Waals surface area contributed by atoms with Crippen LogP contribution in [0.1, 0.15) is 59.6 Å². The highest BCUT2D eigenvalue weighted by molar-refractivity contribution is 6.05. The van der Waals surface area contributed by atoms with Crippen molar-refractivity contribution in [1.29, 1.82) is 5.26 Å². The Bertz CT molecular complexity index is 2870. The molecule has 0 radical (unpaired) electrons. The van der Waals surface area contributed by atoms with Crippen LogP contribution in [0, 0.1) is 11.3 Å². The topological polar surface area (TPSA) is 60.2 Å². The Hall–Kier alpha value is -7.06. The summed E-state index contributed by atoms with van der Waals surface area (Å²) >= 11 is 0. The van der Waals surface area contributed by atoms with E-state index in [1.54, 1.807) is 0 Å². The van der Waals surface area contributed by atoms with Gasteiger partial charge < -0.3 is 5.32 Å². The van der Waals surface area contributed by atoms with Gasteiger partial charge >= 0.3 is 0 Å². The summed E-state index contributed by atoms with van der Waals surface area (Å²) in [7, 11) is 0. The first kappa shape index (κ1) is 34.4. The minimum absolute atomic E-state index is 0.0767. The number of nitriles is 1. The van der Waals surface area contributed by atoms with Gasteiger partial charge in [-0.1, -0.05) is 178 Å². The lowest BCUT2D eigenvalue weighted by Gasteiger charge is -2.32. The fraction of sp³-hybridized carbons (Fsp3) is 0.0943. The Morgan fingerprint density at radius 1 is 0.491 bits per heavy atom. The van der Waals surface area contributed by atoms with Crippen LogP contribution < -0.4 is 10.6 Å². The van der Waals surface area contributed by atoms with Crippen molar-refractivity contribution in [1.82, 2.24) is 10.6 Å². The smallest absolute Gasteiger partial charge is 0.131 e. The Morgan fingerprint density at radius 2 is 1.02 bits per heavy atom. The summed E-state index contributed by atoms with van der Waals surface area (Å²) in [6.45, 7) is 4.52. The molecule has 1 aliphatic carbocycles. The van der Waals surface area contributed by atoms with Crippen LogP contribution in [0.3, 0.4) is 0 Å². The fourth-order valence-corrected chi connectivity index (χ4v) is 8.77. The van der Waals surface area contributed by atoms with Gasteiger partial charge in [-0.3, -0.25) is 5.32 Å². The molecule has 2 unspecified atom stereocenters. The molecule has 8 aromatic rings. The molecule has 0 amide bonds. The van der Waals surface area contributed by atoms with Gasteiger partial charge in [0.05, 0.1) is 11.6 Å². The predicted octanol–water partition coefficient (Wildman–Crippen LogP) is 12.4. The van der Waals surface area contributed by atoms with E-state index < -0.39 is 0 Å². The van der Waals surface area contributed by atoms with Crippen molar-refractivity contribution in [2.75, 3.05) is 0 Å². The first-order valence-electron chi connectivity index (χ1n) is 19.6. The molecule has 1 heterocycles. The maximum absolute atomic E-state index is 9.54. The lowest BCUT2D eigenvalue weighted by molar-refractivity contribution is 0.409. The Morgan fingerprint density at radius 3 is 1.67 bits per heavy atom. The zero-order chi connectivity index (χ0) is 38.5. The van der Waals surface area contributed by atoms with Crippen LogP contribution in [-0.4, -0.2) is 5.84 Å². The molecule has 4 heteroatoms. The average Bonchev–Trinajstić information content (AvgIpc) is 3.51. The third-order valence-corrected chi connectivity index (χ3v) is 11.8. The molecule has 2 aliphatic rings. The van der Waals surface area contributed by atoms with Crippen molar-refractivity contribution in [2.24, 2.45) is 4.99 Å². The summed E-state index contributed by atoms with van der Waals surface area (Å²) in [5, 5.41) is 19.3. The maximum Gasteiger partial charge on any atom is 0.131 e. The number of nitrogens with zero attached hydrogens (tertiary/aromatic N) is 2. The zero-order valence-corrected chi connectivity index (χ0v) is 31.9. The minimum atomic E-state index is -0.208. The summed E-state index contributed by atoms with van der Waals surface area (Å²) in [4.78, 5) is 5.14. The molecule has 2 atom stereocenters. The largest absolute Gasteiger partial charge is 0.350 e. The SMILES string of the molecule is CC1(C)c2cc(C#N)ccc2-c2ccc(-c3ccc(-c4ccc(-c5ccc(C6N=C(c7ccccc7)NC(c7ccccc7)N6)cc5)c5ccccc45)cc3)cc21. The molecule has 0 saturated heterocycles. The molecular formula is C53H40N4. The van der Waals surface area contributed by atoms with Gasteiger partial charge in [-0.15, -0.1) is 0 Å². The fourth-order valence-electron chi connectivity index (χ4n) is 8.77. The number of hydrogen-bond donors (Lipinski definition) is 2. The minimum Gasteiger partial charge on any atom is -0.350 e. The van der Waals surface area contributed by atoms with E-state index in [-0.39, 0.29) is 17.7 Å². The molecule has 0 fully saturated rings. The number of aliphatic imine (C=N–C) groups is 1. The molecule has 0 spiro atoms. The van der Waals surface area contributed by atoms with Gasteiger partial charge in [0.1, 0.15) is 18.2 Å². The first-order chi connectivity index (χ1) is 27.9. The summed E-state index contributed by atoms with van der Waals surface area (Å²) in [5.41, 5.74) is 16.0. The van der Waals surface area contributed by atoms with Gasteiger partial charge in [0.25, 0.3) is 0 Å². The third kappa shape index (κ3) is 6.10. The Kier molecular flexibility index (Phi) is 8.40. The van der Waals surface area contributed by atoms with Crippen LogP contribution in [0.4, 0.5) is 0 Å². The number of amidine groups is 1. The highest BCUT2D eigenvalue weighted by Gasteiger charge is 2.36. The highest BCUT2D eigenvalue weighted by atomic mass is 15.3. The molecule has 2 N–H and O–H groups in total. The number of nitrogens with one attached hydrogen (secondary N) is 2. The van der Waals surface area contributed by atoms with Crippen molar-refractivity contribution in [3.05, 3.63) is 215 Å².